The Morgan fingerprint density at radius 3 is 2.89 bits per heavy atom. The van der Waals surface area contributed by atoms with E-state index in [1.165, 1.54) is 6.07 Å². The zero-order chi connectivity index (χ0) is 13.3. The summed E-state index contributed by atoms with van der Waals surface area (Å²) in [5.41, 5.74) is 0.286. The van der Waals surface area contributed by atoms with Crippen LogP contribution < -0.4 is 10.6 Å². The van der Waals surface area contributed by atoms with Gasteiger partial charge < -0.3 is 10.6 Å². The smallest absolute Gasteiger partial charge is 0.279 e. The molecule has 0 bridgehead atoms. The predicted molar refractivity (Wildman–Crippen MR) is 72.5 cm³/mol. The molecule has 1 aromatic rings. The van der Waals surface area contributed by atoms with Crippen LogP contribution in [0.5, 0.6) is 0 Å². The molecule has 0 radical (unpaired) electrons. The molecule has 1 saturated heterocycles. The van der Waals surface area contributed by atoms with Gasteiger partial charge in [0.2, 0.25) is 5.91 Å². The molecule has 1 aliphatic rings. The summed E-state index contributed by atoms with van der Waals surface area (Å²) in [6.07, 6.45) is 0. The van der Waals surface area contributed by atoms with Gasteiger partial charge in [-0.15, -0.1) is 0 Å². The number of halogens is 3. The molecular formula is C10H7BrClFN2O2S. The van der Waals surface area contributed by atoms with Crippen LogP contribution in [0.3, 0.4) is 0 Å². The third-order valence-electron chi connectivity index (χ3n) is 2.24. The second kappa shape index (κ2) is 5.46. The first-order valence-corrected chi connectivity index (χ1v) is 7.01. The van der Waals surface area contributed by atoms with Gasteiger partial charge in [-0.05, 0) is 28.1 Å². The minimum absolute atomic E-state index is 0.0900. The van der Waals surface area contributed by atoms with Crippen LogP contribution >= 0.6 is 39.3 Å². The summed E-state index contributed by atoms with van der Waals surface area (Å²) in [5, 5.41) is 4.91. The van der Waals surface area contributed by atoms with Crippen molar-refractivity contribution in [2.24, 2.45) is 0 Å². The van der Waals surface area contributed by atoms with Crippen molar-refractivity contribution in [2.75, 3.05) is 11.1 Å². The van der Waals surface area contributed by atoms with Crippen molar-refractivity contribution >= 4 is 56.1 Å². The van der Waals surface area contributed by atoms with Crippen LogP contribution in [0, 0.1) is 5.82 Å². The molecule has 8 heteroatoms. The summed E-state index contributed by atoms with van der Waals surface area (Å²) in [7, 11) is 0. The molecule has 96 valence electrons. The Morgan fingerprint density at radius 1 is 1.61 bits per heavy atom. The lowest BCUT2D eigenvalue weighted by Crippen LogP contribution is -2.38. The van der Waals surface area contributed by atoms with Crippen LogP contribution in [0.4, 0.5) is 14.9 Å². The summed E-state index contributed by atoms with van der Waals surface area (Å²) in [6.45, 7) is 0. The summed E-state index contributed by atoms with van der Waals surface area (Å²) in [5.74, 6) is -0.529. The van der Waals surface area contributed by atoms with Gasteiger partial charge in [0.25, 0.3) is 5.24 Å². The number of benzene rings is 1. The number of amides is 2. The fourth-order valence-corrected chi connectivity index (χ4v) is 3.07. The second-order valence-corrected chi connectivity index (χ2v) is 5.78. The number of thioether (sulfide) groups is 1. The van der Waals surface area contributed by atoms with Crippen molar-refractivity contribution in [1.29, 1.82) is 0 Å². The maximum Gasteiger partial charge on any atom is 0.279 e. The highest BCUT2D eigenvalue weighted by Gasteiger charge is 2.28. The monoisotopic (exact) mass is 352 g/mol. The summed E-state index contributed by atoms with van der Waals surface area (Å²) in [6, 6.07) is 1.70. The highest BCUT2D eigenvalue weighted by Crippen LogP contribution is 2.32. The predicted octanol–water partition coefficient (Wildman–Crippen LogP) is 3.01. The maximum absolute atomic E-state index is 13.0. The molecule has 0 aromatic heterocycles. The average molecular weight is 354 g/mol. The van der Waals surface area contributed by atoms with E-state index in [9.17, 15) is 14.0 Å². The summed E-state index contributed by atoms with van der Waals surface area (Å²) < 4.78 is 13.4. The van der Waals surface area contributed by atoms with Crippen LogP contribution in [-0.2, 0) is 4.79 Å². The zero-order valence-electron chi connectivity index (χ0n) is 8.80. The fraction of sp³-hybridized carbons (Fsp3) is 0.200. The number of anilines is 1. The van der Waals surface area contributed by atoms with E-state index in [4.69, 9.17) is 11.6 Å². The topological polar surface area (TPSA) is 58.2 Å². The maximum atomic E-state index is 13.0. The molecule has 1 aromatic carbocycles. The molecule has 0 spiro atoms. The minimum atomic E-state index is -0.601. The van der Waals surface area contributed by atoms with Gasteiger partial charge in [-0.1, -0.05) is 23.4 Å². The van der Waals surface area contributed by atoms with Crippen LogP contribution in [-0.4, -0.2) is 22.9 Å². The Hall–Kier alpha value is -0.790. The molecule has 2 N–H and O–H groups in total. The average Bonchev–Trinajstić information content (AvgIpc) is 2.70. The normalized spacial score (nSPS) is 18.6. The van der Waals surface area contributed by atoms with Gasteiger partial charge in [0, 0.05) is 10.2 Å². The highest BCUT2D eigenvalue weighted by atomic mass is 79.9. The molecule has 1 unspecified atom stereocenters. The van der Waals surface area contributed by atoms with Gasteiger partial charge in [-0.3, -0.25) is 9.59 Å². The molecule has 1 atom stereocenters. The number of hydrogen-bond donors (Lipinski definition) is 2. The van der Waals surface area contributed by atoms with Gasteiger partial charge >= 0.3 is 0 Å². The zero-order valence-corrected chi connectivity index (χ0v) is 12.0. The number of rotatable bonds is 2. The van der Waals surface area contributed by atoms with E-state index in [1.807, 2.05) is 0 Å². The van der Waals surface area contributed by atoms with Crippen molar-refractivity contribution in [3.05, 3.63) is 27.4 Å². The SMILES string of the molecule is O=C1NC(C(=O)Nc2c(Cl)cc(F)cc2Br)CS1. The third-order valence-corrected chi connectivity index (χ3v) is 4.05. The minimum Gasteiger partial charge on any atom is -0.334 e. The number of nitrogens with one attached hydrogen (secondary N) is 2. The van der Waals surface area contributed by atoms with Crippen LogP contribution in [0.1, 0.15) is 0 Å². The molecule has 2 rings (SSSR count). The second-order valence-electron chi connectivity index (χ2n) is 3.53. The van der Waals surface area contributed by atoms with E-state index in [1.54, 1.807) is 0 Å². The van der Waals surface area contributed by atoms with E-state index in [0.717, 1.165) is 17.8 Å². The van der Waals surface area contributed by atoms with E-state index in [0.29, 0.717) is 10.2 Å². The van der Waals surface area contributed by atoms with Crippen molar-refractivity contribution in [3.63, 3.8) is 0 Å². The first-order valence-electron chi connectivity index (χ1n) is 4.86. The van der Waals surface area contributed by atoms with E-state index in [-0.39, 0.29) is 21.9 Å². The first kappa shape index (κ1) is 13.6. The van der Waals surface area contributed by atoms with Gasteiger partial charge in [-0.2, -0.15) is 0 Å². The fourth-order valence-electron chi connectivity index (χ4n) is 1.40. The highest BCUT2D eigenvalue weighted by molar-refractivity contribution is 9.10. The van der Waals surface area contributed by atoms with E-state index in [2.05, 4.69) is 26.6 Å². The Morgan fingerprint density at radius 2 is 2.33 bits per heavy atom. The van der Waals surface area contributed by atoms with E-state index >= 15 is 0 Å². The Balaban J connectivity index is 2.14. The Labute approximate surface area is 120 Å². The number of hydrogen-bond acceptors (Lipinski definition) is 3. The van der Waals surface area contributed by atoms with Crippen molar-refractivity contribution < 1.29 is 14.0 Å². The van der Waals surface area contributed by atoms with E-state index < -0.39 is 11.9 Å². The molecule has 0 aliphatic carbocycles. The largest absolute Gasteiger partial charge is 0.334 e. The van der Waals surface area contributed by atoms with Crippen LogP contribution in [0.25, 0.3) is 0 Å². The number of carbonyl (C=O) groups excluding carboxylic acids is 2. The Bertz CT molecular complexity index is 506. The molecular weight excluding hydrogens is 347 g/mol. The third kappa shape index (κ3) is 2.96. The molecule has 2 amide bonds. The summed E-state index contributed by atoms with van der Waals surface area (Å²) >= 11 is 9.99. The standard InChI is InChI=1S/C10H7BrClFN2O2S/c11-5-1-4(13)2-6(12)8(5)15-9(16)7-3-18-10(17)14-7/h1-2,7H,3H2,(H,14,17)(H,15,16). The summed E-state index contributed by atoms with van der Waals surface area (Å²) in [4.78, 5) is 22.8. The first-order chi connectivity index (χ1) is 8.47. The molecule has 4 nitrogen and oxygen atoms in total. The lowest BCUT2D eigenvalue weighted by atomic mass is 10.2. The molecule has 1 heterocycles. The van der Waals surface area contributed by atoms with Crippen LogP contribution in [0.15, 0.2) is 16.6 Å². The Kier molecular flexibility index (Phi) is 4.14. The van der Waals surface area contributed by atoms with Gasteiger partial charge in [0.05, 0.1) is 10.7 Å². The van der Waals surface area contributed by atoms with Crippen molar-refractivity contribution in [1.82, 2.24) is 5.32 Å². The van der Waals surface area contributed by atoms with Gasteiger partial charge in [0.15, 0.2) is 0 Å². The lowest BCUT2D eigenvalue weighted by molar-refractivity contribution is -0.117. The number of carbonyl (C=O) groups is 2. The van der Waals surface area contributed by atoms with Gasteiger partial charge in [0.1, 0.15) is 11.9 Å². The molecule has 0 saturated carbocycles. The quantitative estimate of drug-likeness (QED) is 0.859. The molecule has 1 fully saturated rings. The molecule has 1 aliphatic heterocycles. The lowest BCUT2D eigenvalue weighted by Gasteiger charge is -2.13. The molecule has 18 heavy (non-hydrogen) atoms. The van der Waals surface area contributed by atoms with Crippen molar-refractivity contribution in [2.45, 2.75) is 6.04 Å². The van der Waals surface area contributed by atoms with Crippen LogP contribution in [0.2, 0.25) is 5.02 Å². The van der Waals surface area contributed by atoms with Crippen molar-refractivity contribution in [3.8, 4) is 0 Å². The van der Waals surface area contributed by atoms with Gasteiger partial charge in [-0.25, -0.2) is 4.39 Å².